The molecular weight excluding hydrogens is 332 g/mol. The molecule has 1 nitrogen and oxygen atoms in total. The third kappa shape index (κ3) is 4.19. The smallest absolute Gasteiger partial charge is 0.0465 e. The molecule has 3 heteroatoms. The van der Waals surface area contributed by atoms with Gasteiger partial charge in [0.2, 0.25) is 0 Å². The first-order valence-corrected chi connectivity index (χ1v) is 7.40. The van der Waals surface area contributed by atoms with E-state index < -0.39 is 0 Å². The molecule has 0 bridgehead atoms. The number of benzene rings is 1. The van der Waals surface area contributed by atoms with Crippen LogP contribution >= 0.6 is 31.9 Å². The first-order valence-electron chi connectivity index (χ1n) is 5.49. The highest BCUT2D eigenvalue weighted by molar-refractivity contribution is 9.10. The number of methoxy groups -OCH3 is 1. The van der Waals surface area contributed by atoms with E-state index in [2.05, 4.69) is 63.0 Å². The molecule has 0 saturated heterocycles. The maximum Gasteiger partial charge on any atom is 0.0465 e. The van der Waals surface area contributed by atoms with Gasteiger partial charge in [-0.3, -0.25) is 0 Å². The van der Waals surface area contributed by atoms with Gasteiger partial charge in [0, 0.05) is 23.5 Å². The quantitative estimate of drug-likeness (QED) is 0.682. The van der Waals surface area contributed by atoms with Crippen molar-refractivity contribution in [3.63, 3.8) is 0 Å². The molecule has 0 radical (unpaired) electrons. The van der Waals surface area contributed by atoms with Crippen molar-refractivity contribution in [3.8, 4) is 0 Å². The minimum atomic E-state index is 0.559. The number of rotatable bonds is 6. The molecule has 0 heterocycles. The zero-order valence-corrected chi connectivity index (χ0v) is 12.9. The maximum atomic E-state index is 5.14. The van der Waals surface area contributed by atoms with Crippen LogP contribution in [-0.4, -0.2) is 19.0 Å². The van der Waals surface area contributed by atoms with Crippen LogP contribution in [0, 0.1) is 5.92 Å². The van der Waals surface area contributed by atoms with Crippen LogP contribution in [0.4, 0.5) is 0 Å². The molecule has 0 aliphatic carbocycles. The van der Waals surface area contributed by atoms with Gasteiger partial charge in [-0.15, -0.1) is 0 Å². The summed E-state index contributed by atoms with van der Waals surface area (Å²) in [5.74, 6) is 1.18. The van der Waals surface area contributed by atoms with Crippen LogP contribution < -0.4 is 0 Å². The lowest BCUT2D eigenvalue weighted by Gasteiger charge is -2.22. The van der Waals surface area contributed by atoms with E-state index in [9.17, 15) is 0 Å². The molecule has 2 atom stereocenters. The Kier molecular flexibility index (Phi) is 6.62. The van der Waals surface area contributed by atoms with E-state index in [0.29, 0.717) is 11.8 Å². The summed E-state index contributed by atoms with van der Waals surface area (Å²) >= 11 is 7.07. The van der Waals surface area contributed by atoms with E-state index in [1.54, 1.807) is 7.11 Å². The summed E-state index contributed by atoms with van der Waals surface area (Å²) in [7, 11) is 1.76. The van der Waals surface area contributed by atoms with Crippen molar-refractivity contribution in [1.82, 2.24) is 0 Å². The predicted molar refractivity (Wildman–Crippen MR) is 76.3 cm³/mol. The molecule has 2 unspecified atom stereocenters. The molecule has 0 N–H and O–H groups in total. The topological polar surface area (TPSA) is 9.23 Å². The van der Waals surface area contributed by atoms with Crippen LogP contribution in [0.1, 0.15) is 24.8 Å². The van der Waals surface area contributed by atoms with Crippen LogP contribution in [0.15, 0.2) is 28.7 Å². The van der Waals surface area contributed by atoms with Crippen LogP contribution in [0.2, 0.25) is 0 Å². The number of halogens is 2. The van der Waals surface area contributed by atoms with Gasteiger partial charge in [0.25, 0.3) is 0 Å². The Balaban J connectivity index is 2.69. The van der Waals surface area contributed by atoms with E-state index >= 15 is 0 Å². The van der Waals surface area contributed by atoms with Gasteiger partial charge in [0.15, 0.2) is 0 Å². The first kappa shape index (κ1) is 14.2. The van der Waals surface area contributed by atoms with Crippen LogP contribution in [-0.2, 0) is 4.74 Å². The second-order valence-corrected chi connectivity index (χ2v) is 5.63. The average Bonchev–Trinajstić information content (AvgIpc) is 2.30. The predicted octanol–water partition coefficient (Wildman–Crippen LogP) is 4.60. The summed E-state index contributed by atoms with van der Waals surface area (Å²) < 4.78 is 6.27. The minimum Gasteiger partial charge on any atom is -0.385 e. The molecular formula is C13H18Br2O. The number of hydrogen-bond acceptors (Lipinski definition) is 1. The van der Waals surface area contributed by atoms with Gasteiger partial charge < -0.3 is 4.74 Å². The van der Waals surface area contributed by atoms with Crippen molar-refractivity contribution in [2.75, 3.05) is 19.0 Å². The third-order valence-electron chi connectivity index (χ3n) is 2.93. The minimum absolute atomic E-state index is 0.559. The van der Waals surface area contributed by atoms with Gasteiger partial charge in [0.05, 0.1) is 0 Å². The van der Waals surface area contributed by atoms with Gasteiger partial charge in [-0.05, 0) is 36.0 Å². The van der Waals surface area contributed by atoms with Crippen LogP contribution in [0.3, 0.4) is 0 Å². The zero-order valence-electron chi connectivity index (χ0n) is 9.75. The fourth-order valence-corrected chi connectivity index (χ4v) is 3.06. The van der Waals surface area contributed by atoms with Crippen molar-refractivity contribution in [1.29, 1.82) is 0 Å². The Morgan fingerprint density at radius 1 is 1.25 bits per heavy atom. The van der Waals surface area contributed by atoms with Gasteiger partial charge >= 0.3 is 0 Å². The molecule has 1 aromatic rings. The molecule has 16 heavy (non-hydrogen) atoms. The second kappa shape index (κ2) is 7.46. The highest BCUT2D eigenvalue weighted by Crippen LogP contribution is 2.29. The molecule has 0 aliphatic heterocycles. The molecule has 0 amide bonds. The molecule has 1 aromatic carbocycles. The summed E-state index contributed by atoms with van der Waals surface area (Å²) in [5, 5.41) is 1.000. The lowest BCUT2D eigenvalue weighted by molar-refractivity contribution is 0.176. The van der Waals surface area contributed by atoms with Crippen molar-refractivity contribution in [2.24, 2.45) is 5.92 Å². The third-order valence-corrected chi connectivity index (χ3v) is 4.15. The van der Waals surface area contributed by atoms with Gasteiger partial charge in [-0.1, -0.05) is 50.9 Å². The van der Waals surface area contributed by atoms with Crippen molar-refractivity contribution in [2.45, 2.75) is 19.3 Å². The SMILES string of the molecule is COCCC(C)C(CBr)c1ccc(Br)cc1. The molecule has 1 rings (SSSR count). The van der Waals surface area contributed by atoms with Crippen LogP contribution in [0.5, 0.6) is 0 Å². The Hall–Kier alpha value is 0.140. The summed E-state index contributed by atoms with van der Waals surface area (Å²) in [6, 6.07) is 8.60. The molecule has 0 aromatic heterocycles. The number of ether oxygens (including phenoxy) is 1. The zero-order chi connectivity index (χ0) is 12.0. The van der Waals surface area contributed by atoms with Crippen LogP contribution in [0.25, 0.3) is 0 Å². The maximum absolute atomic E-state index is 5.14. The van der Waals surface area contributed by atoms with E-state index in [1.165, 1.54) is 5.56 Å². The molecule has 0 spiro atoms. The molecule has 0 fully saturated rings. The lowest BCUT2D eigenvalue weighted by Crippen LogP contribution is -2.13. The Morgan fingerprint density at radius 3 is 2.38 bits per heavy atom. The Labute approximate surface area is 115 Å². The largest absolute Gasteiger partial charge is 0.385 e. The van der Waals surface area contributed by atoms with E-state index in [0.717, 1.165) is 22.8 Å². The lowest BCUT2D eigenvalue weighted by atomic mass is 9.87. The van der Waals surface area contributed by atoms with E-state index in [4.69, 9.17) is 4.74 Å². The van der Waals surface area contributed by atoms with Crippen molar-refractivity contribution < 1.29 is 4.74 Å². The Morgan fingerprint density at radius 2 is 1.88 bits per heavy atom. The molecule has 0 saturated carbocycles. The van der Waals surface area contributed by atoms with Gasteiger partial charge in [0.1, 0.15) is 0 Å². The van der Waals surface area contributed by atoms with Crippen molar-refractivity contribution in [3.05, 3.63) is 34.3 Å². The monoisotopic (exact) mass is 348 g/mol. The Bertz CT molecular complexity index is 297. The van der Waals surface area contributed by atoms with Crippen molar-refractivity contribution >= 4 is 31.9 Å². The standard InChI is InChI=1S/C13H18Br2O/c1-10(7-8-16-2)13(9-14)11-3-5-12(15)6-4-11/h3-6,10,13H,7-9H2,1-2H3. The first-order chi connectivity index (χ1) is 7.69. The highest BCUT2D eigenvalue weighted by Gasteiger charge is 2.17. The normalized spacial score (nSPS) is 14.8. The van der Waals surface area contributed by atoms with E-state index in [-0.39, 0.29) is 0 Å². The summed E-state index contributed by atoms with van der Waals surface area (Å²) in [5.41, 5.74) is 1.39. The average molecular weight is 350 g/mol. The summed E-state index contributed by atoms with van der Waals surface area (Å²) in [4.78, 5) is 0. The van der Waals surface area contributed by atoms with E-state index in [1.807, 2.05) is 0 Å². The number of hydrogen-bond donors (Lipinski definition) is 0. The second-order valence-electron chi connectivity index (χ2n) is 4.07. The summed E-state index contributed by atoms with van der Waals surface area (Å²) in [6.07, 6.45) is 1.10. The number of alkyl halides is 1. The fourth-order valence-electron chi connectivity index (χ4n) is 1.78. The highest BCUT2D eigenvalue weighted by atomic mass is 79.9. The molecule has 90 valence electrons. The molecule has 0 aliphatic rings. The fraction of sp³-hybridized carbons (Fsp3) is 0.538. The van der Waals surface area contributed by atoms with Gasteiger partial charge in [-0.2, -0.15) is 0 Å². The van der Waals surface area contributed by atoms with Gasteiger partial charge in [-0.25, -0.2) is 0 Å². The summed E-state index contributed by atoms with van der Waals surface area (Å²) in [6.45, 7) is 3.12.